The molecule has 0 saturated carbocycles. The van der Waals surface area contributed by atoms with Gasteiger partial charge in [-0.15, -0.1) is 11.3 Å². The number of halogens is 1. The van der Waals surface area contributed by atoms with Gasteiger partial charge < -0.3 is 4.90 Å². The van der Waals surface area contributed by atoms with Gasteiger partial charge in [0.05, 0.1) is 10.4 Å². The Morgan fingerprint density at radius 3 is 2.69 bits per heavy atom. The summed E-state index contributed by atoms with van der Waals surface area (Å²) in [5.41, 5.74) is 1.48. The third-order valence-electron chi connectivity index (χ3n) is 4.22. The number of thioether (sulfide) groups is 1. The highest BCUT2D eigenvalue weighted by atomic mass is 32.2. The number of nitrogens with zero attached hydrogens (tertiary/aromatic N) is 3. The van der Waals surface area contributed by atoms with Crippen molar-refractivity contribution in [3.05, 3.63) is 73.7 Å². The normalized spacial score (nSPS) is 16.3. The second kappa shape index (κ2) is 6.74. The van der Waals surface area contributed by atoms with Crippen LogP contribution < -0.4 is 19.7 Å². The molecule has 0 amide bonds. The molecule has 1 aromatic carbocycles. The molecule has 0 spiro atoms. The number of pyridine rings is 1. The summed E-state index contributed by atoms with van der Waals surface area (Å²) in [5, 5.41) is 0.775. The second-order valence-electron chi connectivity index (χ2n) is 5.80. The number of benzene rings is 1. The van der Waals surface area contributed by atoms with Crippen LogP contribution in [0.5, 0.6) is 0 Å². The molecule has 0 saturated heterocycles. The van der Waals surface area contributed by atoms with E-state index in [4.69, 9.17) is 0 Å². The summed E-state index contributed by atoms with van der Waals surface area (Å²) in [6, 6.07) is 8.82. The Bertz CT molecular complexity index is 1150. The Kier molecular flexibility index (Phi) is 4.42. The molecule has 0 atom stereocenters. The van der Waals surface area contributed by atoms with E-state index >= 15 is 0 Å². The first-order valence-corrected chi connectivity index (χ1v) is 9.79. The number of rotatable bonds is 2. The first-order valence-electron chi connectivity index (χ1n) is 8.16. The summed E-state index contributed by atoms with van der Waals surface area (Å²) < 4.78 is 17.5. The van der Waals surface area contributed by atoms with E-state index in [9.17, 15) is 9.18 Å². The van der Waals surface area contributed by atoms with Gasteiger partial charge in [0.1, 0.15) is 15.4 Å². The van der Waals surface area contributed by atoms with E-state index in [1.54, 1.807) is 35.0 Å². The highest BCUT2D eigenvalue weighted by molar-refractivity contribution is 8.08. The molecule has 7 heteroatoms. The van der Waals surface area contributed by atoms with E-state index in [0.29, 0.717) is 16.8 Å². The Morgan fingerprint density at radius 1 is 1.23 bits per heavy atom. The average molecular weight is 385 g/mol. The first kappa shape index (κ1) is 17.1. The molecule has 26 heavy (non-hydrogen) atoms. The summed E-state index contributed by atoms with van der Waals surface area (Å²) in [6.07, 6.45) is 5.43. The van der Waals surface area contributed by atoms with Gasteiger partial charge in [0, 0.05) is 30.9 Å². The van der Waals surface area contributed by atoms with Crippen molar-refractivity contribution in [2.45, 2.75) is 18.4 Å². The smallest absolute Gasteiger partial charge is 0.271 e. The Morgan fingerprint density at radius 2 is 2.00 bits per heavy atom. The highest BCUT2D eigenvalue weighted by Crippen LogP contribution is 2.46. The van der Waals surface area contributed by atoms with Gasteiger partial charge in [-0.05, 0) is 42.8 Å². The molecule has 1 aliphatic rings. The average Bonchev–Trinajstić information content (AvgIpc) is 3.13. The molecule has 3 aromatic rings. The molecule has 132 valence electrons. The minimum Gasteiger partial charge on any atom is -0.334 e. The van der Waals surface area contributed by atoms with E-state index in [-0.39, 0.29) is 11.4 Å². The van der Waals surface area contributed by atoms with Crippen LogP contribution >= 0.6 is 23.1 Å². The van der Waals surface area contributed by atoms with Gasteiger partial charge in [-0.3, -0.25) is 14.3 Å². The topological polar surface area (TPSA) is 38.1 Å². The molecule has 4 rings (SSSR count). The Labute approximate surface area is 157 Å². The van der Waals surface area contributed by atoms with Crippen molar-refractivity contribution in [3.8, 4) is 0 Å². The van der Waals surface area contributed by atoms with Crippen LogP contribution in [0.15, 0.2) is 52.4 Å². The van der Waals surface area contributed by atoms with Crippen LogP contribution in [-0.2, 0) is 6.54 Å². The largest absolute Gasteiger partial charge is 0.334 e. The fourth-order valence-corrected chi connectivity index (χ4v) is 5.44. The number of hydrogen-bond donors (Lipinski definition) is 0. The van der Waals surface area contributed by atoms with E-state index in [1.807, 2.05) is 31.2 Å². The molecular formula is C19H16FN3OS2. The Balaban J connectivity index is 1.95. The minimum atomic E-state index is -0.275. The lowest BCUT2D eigenvalue weighted by Crippen LogP contribution is -2.33. The molecule has 4 nitrogen and oxygen atoms in total. The molecule has 0 fully saturated rings. The van der Waals surface area contributed by atoms with Gasteiger partial charge in [-0.1, -0.05) is 17.8 Å². The third kappa shape index (κ3) is 2.77. The SMILES string of the molecule is CCn1c(=O)/c(=C2\Sc3cccc(F)c3N2C)s/c1=C\c1ccncc1. The first-order chi connectivity index (χ1) is 12.6. The fourth-order valence-electron chi connectivity index (χ4n) is 2.95. The maximum atomic E-state index is 14.2. The Hall–Kier alpha value is -2.38. The van der Waals surface area contributed by atoms with Crippen molar-refractivity contribution in [2.24, 2.45) is 0 Å². The van der Waals surface area contributed by atoms with Crippen LogP contribution in [0.25, 0.3) is 11.1 Å². The molecular weight excluding hydrogens is 369 g/mol. The summed E-state index contributed by atoms with van der Waals surface area (Å²) in [6.45, 7) is 2.53. The lowest BCUT2D eigenvalue weighted by Gasteiger charge is -2.12. The van der Waals surface area contributed by atoms with Gasteiger partial charge in [0.15, 0.2) is 0 Å². The van der Waals surface area contributed by atoms with Gasteiger partial charge in [0.25, 0.3) is 5.56 Å². The van der Waals surface area contributed by atoms with Gasteiger partial charge in [-0.25, -0.2) is 4.39 Å². The zero-order chi connectivity index (χ0) is 18.3. The van der Waals surface area contributed by atoms with Crippen molar-refractivity contribution in [1.82, 2.24) is 9.55 Å². The van der Waals surface area contributed by atoms with E-state index in [0.717, 1.165) is 20.2 Å². The van der Waals surface area contributed by atoms with Crippen molar-refractivity contribution in [2.75, 3.05) is 11.9 Å². The monoisotopic (exact) mass is 385 g/mol. The number of anilines is 1. The quantitative estimate of drug-likeness (QED) is 0.680. The van der Waals surface area contributed by atoms with Crippen molar-refractivity contribution < 1.29 is 4.39 Å². The fraction of sp³-hybridized carbons (Fsp3) is 0.158. The number of para-hydroxylation sites is 1. The lowest BCUT2D eigenvalue weighted by molar-refractivity contribution is 0.625. The standard InChI is InChI=1S/C19H16FN3OS2/c1-3-23-15(11-12-7-9-21-10-8-12)26-17(18(23)24)19-22(2)16-13(20)5-4-6-14(16)25-19/h4-11H,3H2,1-2H3/b15-11-,19-17+. The summed E-state index contributed by atoms with van der Waals surface area (Å²) in [5.74, 6) is -0.275. The minimum absolute atomic E-state index is 0.0413. The van der Waals surface area contributed by atoms with Crippen LogP contribution in [-0.4, -0.2) is 16.6 Å². The summed E-state index contributed by atoms with van der Waals surface area (Å²) in [4.78, 5) is 19.6. The predicted molar refractivity (Wildman–Crippen MR) is 105 cm³/mol. The van der Waals surface area contributed by atoms with Crippen LogP contribution in [0.1, 0.15) is 12.5 Å². The molecule has 0 aliphatic carbocycles. The highest BCUT2D eigenvalue weighted by Gasteiger charge is 2.27. The lowest BCUT2D eigenvalue weighted by atomic mass is 10.3. The maximum Gasteiger partial charge on any atom is 0.271 e. The predicted octanol–water partition coefficient (Wildman–Crippen LogP) is 2.60. The van der Waals surface area contributed by atoms with E-state index in [1.165, 1.54) is 29.2 Å². The second-order valence-corrected chi connectivity index (χ2v) is 7.86. The molecule has 0 radical (unpaired) electrons. The van der Waals surface area contributed by atoms with Crippen LogP contribution in [0.2, 0.25) is 0 Å². The van der Waals surface area contributed by atoms with Gasteiger partial charge in [0.2, 0.25) is 0 Å². The molecule has 3 heterocycles. The molecule has 0 N–H and O–H groups in total. The van der Waals surface area contributed by atoms with Crippen LogP contribution in [0.3, 0.4) is 0 Å². The third-order valence-corrected chi connectivity index (χ3v) is 6.68. The molecule has 0 bridgehead atoms. The number of hydrogen-bond acceptors (Lipinski definition) is 5. The molecule has 2 aromatic heterocycles. The van der Waals surface area contributed by atoms with Crippen molar-refractivity contribution >= 4 is 39.9 Å². The van der Waals surface area contributed by atoms with Gasteiger partial charge >= 0.3 is 0 Å². The van der Waals surface area contributed by atoms with Crippen molar-refractivity contribution in [1.29, 1.82) is 0 Å². The molecule has 1 aliphatic heterocycles. The number of fused-ring (bicyclic) bond motifs is 1. The zero-order valence-electron chi connectivity index (χ0n) is 14.3. The van der Waals surface area contributed by atoms with E-state index < -0.39 is 0 Å². The number of thiazole rings is 1. The van der Waals surface area contributed by atoms with E-state index in [2.05, 4.69) is 4.98 Å². The van der Waals surface area contributed by atoms with Gasteiger partial charge in [-0.2, -0.15) is 0 Å². The zero-order valence-corrected chi connectivity index (χ0v) is 15.9. The van der Waals surface area contributed by atoms with Crippen LogP contribution in [0.4, 0.5) is 10.1 Å². The number of aromatic nitrogens is 2. The van der Waals surface area contributed by atoms with Crippen LogP contribution in [0, 0.1) is 5.82 Å². The van der Waals surface area contributed by atoms with Crippen molar-refractivity contribution in [3.63, 3.8) is 0 Å². The maximum absolute atomic E-state index is 14.2. The summed E-state index contributed by atoms with van der Waals surface area (Å²) in [7, 11) is 1.80. The molecule has 0 unspecified atom stereocenters. The summed E-state index contributed by atoms with van der Waals surface area (Å²) >= 11 is 2.88.